The van der Waals surface area contributed by atoms with Crippen LogP contribution < -0.4 is 0 Å². The highest BCUT2D eigenvalue weighted by atomic mass is 16.5. The number of nitrogens with one attached hydrogen (secondary N) is 1. The van der Waals surface area contributed by atoms with E-state index in [2.05, 4.69) is 27.0 Å². The van der Waals surface area contributed by atoms with E-state index >= 15 is 0 Å². The number of fused-ring (bicyclic) bond motifs is 1. The number of aliphatic hydroxyl groups is 1. The third-order valence-electron chi connectivity index (χ3n) is 5.79. The Balaban J connectivity index is 1.56. The molecular formula is C22H21N5O3. The predicted octanol–water partition coefficient (Wildman–Crippen LogP) is 2.89. The van der Waals surface area contributed by atoms with E-state index in [-0.39, 0.29) is 18.1 Å². The maximum atomic E-state index is 12.3. The largest absolute Gasteiger partial charge is 0.373 e. The summed E-state index contributed by atoms with van der Waals surface area (Å²) in [5.41, 5.74) is 3.43. The Morgan fingerprint density at radius 3 is 2.87 bits per heavy atom. The number of carbonyl (C=O) groups excluding carboxylic acids is 1. The first kappa shape index (κ1) is 18.5. The molecule has 1 fully saturated rings. The van der Waals surface area contributed by atoms with Gasteiger partial charge < -0.3 is 19.5 Å². The number of aromatic nitrogens is 4. The number of aryl methyl sites for hydroxylation is 1. The highest BCUT2D eigenvalue weighted by molar-refractivity contribution is 5.94. The van der Waals surface area contributed by atoms with Gasteiger partial charge in [-0.3, -0.25) is 4.79 Å². The van der Waals surface area contributed by atoms with Gasteiger partial charge >= 0.3 is 0 Å². The molecular weight excluding hydrogens is 382 g/mol. The first-order chi connectivity index (χ1) is 14.5. The fraction of sp³-hybridized carbons (Fsp3) is 0.273. The molecule has 4 aromatic rings. The average molecular weight is 403 g/mol. The lowest BCUT2D eigenvalue weighted by molar-refractivity contribution is -0.144. The Morgan fingerprint density at radius 2 is 2.10 bits per heavy atom. The zero-order valence-corrected chi connectivity index (χ0v) is 16.7. The summed E-state index contributed by atoms with van der Waals surface area (Å²) in [7, 11) is 1.66. The van der Waals surface area contributed by atoms with Crippen LogP contribution in [0.15, 0.2) is 47.4 Å². The second kappa shape index (κ2) is 6.77. The van der Waals surface area contributed by atoms with Crippen molar-refractivity contribution in [3.8, 4) is 22.5 Å². The lowest BCUT2D eigenvalue weighted by atomic mass is 9.97. The predicted molar refractivity (Wildman–Crippen MR) is 110 cm³/mol. The van der Waals surface area contributed by atoms with Crippen LogP contribution in [-0.2, 0) is 16.8 Å². The molecule has 8 heteroatoms. The van der Waals surface area contributed by atoms with Crippen LogP contribution >= 0.6 is 0 Å². The Labute approximate surface area is 172 Å². The second-order valence-corrected chi connectivity index (χ2v) is 7.61. The van der Waals surface area contributed by atoms with Crippen molar-refractivity contribution in [3.05, 3.63) is 54.2 Å². The van der Waals surface area contributed by atoms with E-state index in [4.69, 9.17) is 4.52 Å². The molecule has 1 atom stereocenters. The Kier molecular flexibility index (Phi) is 4.18. The monoisotopic (exact) mass is 403 g/mol. The van der Waals surface area contributed by atoms with Crippen LogP contribution in [0, 0.1) is 0 Å². The summed E-state index contributed by atoms with van der Waals surface area (Å²) in [5, 5.41) is 15.9. The van der Waals surface area contributed by atoms with Crippen molar-refractivity contribution in [1.29, 1.82) is 0 Å². The van der Waals surface area contributed by atoms with Gasteiger partial charge in [0.1, 0.15) is 17.7 Å². The number of hydrogen-bond donors (Lipinski definition) is 2. The topological polar surface area (TPSA) is 108 Å². The number of nitrogens with zero attached hydrogens (tertiary/aromatic N) is 4. The van der Waals surface area contributed by atoms with Crippen molar-refractivity contribution in [2.24, 2.45) is 0 Å². The first-order valence-electron chi connectivity index (χ1n) is 9.88. The molecule has 1 aliphatic rings. The van der Waals surface area contributed by atoms with Gasteiger partial charge in [-0.1, -0.05) is 30.3 Å². The van der Waals surface area contributed by atoms with Crippen LogP contribution in [0.1, 0.15) is 24.7 Å². The molecule has 4 heterocycles. The molecule has 0 saturated carbocycles. The van der Waals surface area contributed by atoms with E-state index in [9.17, 15) is 9.90 Å². The zero-order chi connectivity index (χ0) is 20.9. The Bertz CT molecular complexity index is 1260. The number of aromatic amines is 1. The van der Waals surface area contributed by atoms with E-state index in [0.717, 1.165) is 39.8 Å². The van der Waals surface area contributed by atoms with E-state index < -0.39 is 5.60 Å². The van der Waals surface area contributed by atoms with E-state index in [1.165, 1.54) is 4.90 Å². The smallest absolute Gasteiger partial charge is 0.262 e. The van der Waals surface area contributed by atoms with Gasteiger partial charge in [0.25, 0.3) is 5.91 Å². The van der Waals surface area contributed by atoms with Crippen LogP contribution in [0.2, 0.25) is 0 Å². The molecule has 3 aromatic heterocycles. The van der Waals surface area contributed by atoms with Gasteiger partial charge in [0.05, 0.1) is 5.69 Å². The average Bonchev–Trinajstić information content (AvgIpc) is 3.49. The number of rotatable bonds is 4. The third kappa shape index (κ3) is 2.72. The molecule has 1 aromatic carbocycles. The van der Waals surface area contributed by atoms with Gasteiger partial charge in [0.15, 0.2) is 5.76 Å². The number of H-pyrrole nitrogens is 1. The lowest BCUT2D eigenvalue weighted by Crippen LogP contribution is -2.35. The number of amides is 1. The highest BCUT2D eigenvalue weighted by Gasteiger charge is 2.48. The molecule has 2 N–H and O–H groups in total. The molecule has 5 rings (SSSR count). The quantitative estimate of drug-likeness (QED) is 0.542. The molecule has 0 radical (unpaired) electrons. The van der Waals surface area contributed by atoms with Crippen LogP contribution in [0.4, 0.5) is 0 Å². The van der Waals surface area contributed by atoms with Crippen molar-refractivity contribution >= 4 is 16.9 Å². The van der Waals surface area contributed by atoms with Crippen molar-refractivity contribution in [3.63, 3.8) is 0 Å². The van der Waals surface area contributed by atoms with Crippen molar-refractivity contribution in [1.82, 2.24) is 25.0 Å². The molecule has 1 amide bonds. The molecule has 152 valence electrons. The summed E-state index contributed by atoms with van der Waals surface area (Å²) >= 11 is 0. The number of benzene rings is 1. The van der Waals surface area contributed by atoms with Crippen molar-refractivity contribution in [2.45, 2.75) is 25.4 Å². The zero-order valence-electron chi connectivity index (χ0n) is 16.7. The van der Waals surface area contributed by atoms with Crippen LogP contribution in [0.3, 0.4) is 0 Å². The SMILES string of the molecule is CCc1c[nH]c2ncnc(-c3cccc(-c4cc(C5(O)CCN(C)C5=O)on4)c3)c12. The molecule has 0 bridgehead atoms. The van der Waals surface area contributed by atoms with Gasteiger partial charge in [0.2, 0.25) is 5.60 Å². The number of hydrogen-bond acceptors (Lipinski definition) is 6. The van der Waals surface area contributed by atoms with E-state index in [0.29, 0.717) is 12.2 Å². The minimum absolute atomic E-state index is 0.167. The standard InChI is InChI=1S/C22H21N5O3/c1-3-13-11-23-20-18(13)19(24-12-25-20)15-6-4-5-14(9-15)16-10-17(30-26-16)22(29)7-8-27(2)21(22)28/h4-6,9-12,29H,3,7-8H2,1-2H3,(H,23,24,25). The Hall–Kier alpha value is -3.52. The Morgan fingerprint density at radius 1 is 1.27 bits per heavy atom. The fourth-order valence-corrected chi connectivity index (χ4v) is 4.04. The second-order valence-electron chi connectivity index (χ2n) is 7.61. The highest BCUT2D eigenvalue weighted by Crippen LogP contribution is 2.36. The molecule has 30 heavy (non-hydrogen) atoms. The summed E-state index contributed by atoms with van der Waals surface area (Å²) in [6.45, 7) is 2.57. The number of likely N-dealkylation sites (N-methyl/N-ethyl adjacent to an activating group) is 1. The van der Waals surface area contributed by atoms with Crippen LogP contribution in [0.25, 0.3) is 33.5 Å². The fourth-order valence-electron chi connectivity index (χ4n) is 4.04. The van der Waals surface area contributed by atoms with Gasteiger partial charge in [-0.05, 0) is 18.1 Å². The van der Waals surface area contributed by atoms with Crippen LogP contribution in [0.5, 0.6) is 0 Å². The van der Waals surface area contributed by atoms with Gasteiger partial charge in [0, 0.05) is 48.8 Å². The molecule has 1 aliphatic heterocycles. The number of likely N-dealkylation sites (tertiary alicyclic amines) is 1. The van der Waals surface area contributed by atoms with Gasteiger partial charge in [-0.15, -0.1) is 0 Å². The summed E-state index contributed by atoms with van der Waals surface area (Å²) in [5.74, 6) is -0.206. The summed E-state index contributed by atoms with van der Waals surface area (Å²) in [6.07, 6.45) is 4.66. The third-order valence-corrected chi connectivity index (χ3v) is 5.79. The maximum Gasteiger partial charge on any atom is 0.262 e. The lowest BCUT2D eigenvalue weighted by Gasteiger charge is -2.16. The minimum atomic E-state index is -1.66. The first-order valence-corrected chi connectivity index (χ1v) is 9.88. The molecule has 1 saturated heterocycles. The van der Waals surface area contributed by atoms with E-state index in [1.807, 2.05) is 30.5 Å². The van der Waals surface area contributed by atoms with Crippen LogP contribution in [-0.4, -0.2) is 49.6 Å². The van der Waals surface area contributed by atoms with Gasteiger partial charge in [-0.2, -0.15) is 0 Å². The summed E-state index contributed by atoms with van der Waals surface area (Å²) in [4.78, 5) is 25.9. The maximum absolute atomic E-state index is 12.3. The minimum Gasteiger partial charge on any atom is -0.373 e. The van der Waals surface area contributed by atoms with E-state index in [1.54, 1.807) is 19.4 Å². The van der Waals surface area contributed by atoms with Gasteiger partial charge in [-0.25, -0.2) is 9.97 Å². The summed E-state index contributed by atoms with van der Waals surface area (Å²) in [6, 6.07) is 9.44. The van der Waals surface area contributed by atoms with Crippen molar-refractivity contribution < 1.29 is 14.4 Å². The number of carbonyl (C=O) groups is 1. The molecule has 8 nitrogen and oxygen atoms in total. The van der Waals surface area contributed by atoms with Crippen molar-refractivity contribution in [2.75, 3.05) is 13.6 Å². The molecule has 0 spiro atoms. The normalized spacial score (nSPS) is 19.2. The molecule has 1 unspecified atom stereocenters. The summed E-state index contributed by atoms with van der Waals surface area (Å²) < 4.78 is 5.39. The molecule has 0 aliphatic carbocycles.